The first-order valence-corrected chi connectivity index (χ1v) is 8.24. The lowest BCUT2D eigenvalue weighted by Gasteiger charge is -2.43. The first-order chi connectivity index (χ1) is 10.3. The van der Waals surface area contributed by atoms with Gasteiger partial charge < -0.3 is 10.1 Å². The van der Waals surface area contributed by atoms with Crippen molar-refractivity contribution in [3.63, 3.8) is 0 Å². The molecule has 1 aromatic carbocycles. The molecule has 0 unspecified atom stereocenters. The molecule has 0 atom stereocenters. The van der Waals surface area contributed by atoms with E-state index in [1.807, 2.05) is 0 Å². The van der Waals surface area contributed by atoms with Crippen LogP contribution < -0.4 is 10.1 Å². The second kappa shape index (κ2) is 7.25. The third kappa shape index (κ3) is 3.96. The van der Waals surface area contributed by atoms with Gasteiger partial charge in [-0.3, -0.25) is 9.80 Å². The van der Waals surface area contributed by atoms with Crippen LogP contribution in [0.25, 0.3) is 0 Å². The van der Waals surface area contributed by atoms with Gasteiger partial charge in [-0.15, -0.1) is 0 Å². The molecule has 2 heterocycles. The van der Waals surface area contributed by atoms with E-state index < -0.39 is 0 Å². The summed E-state index contributed by atoms with van der Waals surface area (Å²) in [6.07, 6.45) is 1.06. The van der Waals surface area contributed by atoms with Crippen LogP contribution in [0.5, 0.6) is 5.75 Å². The van der Waals surface area contributed by atoms with Crippen molar-refractivity contribution in [3.8, 4) is 5.75 Å². The van der Waals surface area contributed by atoms with E-state index in [2.05, 4.69) is 46.3 Å². The van der Waals surface area contributed by atoms with E-state index >= 15 is 0 Å². The molecule has 2 saturated heterocycles. The highest BCUT2D eigenvalue weighted by Gasteiger charge is 2.27. The van der Waals surface area contributed by atoms with Crippen LogP contribution in [0.15, 0.2) is 24.3 Å². The number of rotatable bonds is 6. The van der Waals surface area contributed by atoms with Gasteiger partial charge in [-0.2, -0.15) is 0 Å². The van der Waals surface area contributed by atoms with Crippen LogP contribution in [0.2, 0.25) is 0 Å². The molecule has 0 saturated carbocycles. The normalized spacial score (nSPS) is 21.2. The molecule has 0 aromatic heterocycles. The Balaban J connectivity index is 1.44. The van der Waals surface area contributed by atoms with Crippen LogP contribution in [0.3, 0.4) is 0 Å². The third-order valence-electron chi connectivity index (χ3n) is 4.49. The second-order valence-electron chi connectivity index (χ2n) is 6.12. The van der Waals surface area contributed by atoms with Crippen molar-refractivity contribution in [2.45, 2.75) is 25.9 Å². The highest BCUT2D eigenvalue weighted by Crippen LogP contribution is 2.16. The maximum Gasteiger partial charge on any atom is 0.119 e. The van der Waals surface area contributed by atoms with Crippen molar-refractivity contribution in [1.82, 2.24) is 15.1 Å². The Morgan fingerprint density at radius 2 is 1.81 bits per heavy atom. The SMILES string of the molecule is CCCOc1ccc(CN2CCN(C3CNC3)CC2)cc1. The van der Waals surface area contributed by atoms with Crippen molar-refractivity contribution in [1.29, 1.82) is 0 Å². The fourth-order valence-electron chi connectivity index (χ4n) is 2.99. The molecule has 0 aliphatic carbocycles. The van der Waals surface area contributed by atoms with Crippen LogP contribution in [-0.4, -0.2) is 61.7 Å². The van der Waals surface area contributed by atoms with Gasteiger partial charge in [-0.1, -0.05) is 19.1 Å². The molecule has 2 aliphatic rings. The number of nitrogens with one attached hydrogen (secondary N) is 1. The summed E-state index contributed by atoms with van der Waals surface area (Å²) in [7, 11) is 0. The summed E-state index contributed by atoms with van der Waals surface area (Å²) in [5.74, 6) is 0.989. The average Bonchev–Trinajstić information content (AvgIpc) is 2.47. The Bertz CT molecular complexity index is 422. The van der Waals surface area contributed by atoms with Crippen LogP contribution in [0.1, 0.15) is 18.9 Å². The number of benzene rings is 1. The molecule has 2 fully saturated rings. The van der Waals surface area contributed by atoms with E-state index in [1.54, 1.807) is 0 Å². The molecule has 2 aliphatic heterocycles. The van der Waals surface area contributed by atoms with Crippen molar-refractivity contribution in [2.75, 3.05) is 45.9 Å². The Hall–Kier alpha value is -1.10. The Labute approximate surface area is 128 Å². The zero-order chi connectivity index (χ0) is 14.5. The highest BCUT2D eigenvalue weighted by molar-refractivity contribution is 5.27. The standard InChI is InChI=1S/C17H27N3O/c1-2-11-21-17-5-3-15(4-6-17)14-19-7-9-20(10-8-19)16-12-18-13-16/h3-6,16,18H,2,7-14H2,1H3. The van der Waals surface area contributed by atoms with Gasteiger partial charge >= 0.3 is 0 Å². The number of ether oxygens (including phenoxy) is 1. The summed E-state index contributed by atoms with van der Waals surface area (Å²) in [4.78, 5) is 5.19. The van der Waals surface area contributed by atoms with Crippen molar-refractivity contribution >= 4 is 0 Å². The van der Waals surface area contributed by atoms with Gasteiger partial charge in [0.2, 0.25) is 0 Å². The van der Waals surface area contributed by atoms with Crippen LogP contribution in [-0.2, 0) is 6.54 Å². The molecular formula is C17H27N3O. The molecule has 3 rings (SSSR count). The quantitative estimate of drug-likeness (QED) is 0.860. The highest BCUT2D eigenvalue weighted by atomic mass is 16.5. The van der Waals surface area contributed by atoms with Gasteiger partial charge in [0.25, 0.3) is 0 Å². The Morgan fingerprint density at radius 3 is 2.38 bits per heavy atom. The summed E-state index contributed by atoms with van der Waals surface area (Å²) < 4.78 is 5.63. The molecule has 4 heteroatoms. The molecule has 0 spiro atoms. The lowest BCUT2D eigenvalue weighted by molar-refractivity contribution is 0.0695. The topological polar surface area (TPSA) is 27.7 Å². The van der Waals surface area contributed by atoms with Crippen LogP contribution in [0.4, 0.5) is 0 Å². The third-order valence-corrected chi connectivity index (χ3v) is 4.49. The number of hydrogen-bond donors (Lipinski definition) is 1. The van der Waals surface area contributed by atoms with Gasteiger partial charge in [-0.05, 0) is 24.1 Å². The van der Waals surface area contributed by atoms with Gasteiger partial charge in [0.05, 0.1) is 6.61 Å². The number of piperazine rings is 1. The van der Waals surface area contributed by atoms with E-state index in [0.29, 0.717) is 0 Å². The van der Waals surface area contributed by atoms with E-state index in [9.17, 15) is 0 Å². The number of nitrogens with zero attached hydrogens (tertiary/aromatic N) is 2. The molecule has 116 valence electrons. The first-order valence-electron chi connectivity index (χ1n) is 8.24. The van der Waals surface area contributed by atoms with E-state index in [-0.39, 0.29) is 0 Å². The lowest BCUT2D eigenvalue weighted by atomic mass is 10.1. The van der Waals surface area contributed by atoms with Gasteiger partial charge in [-0.25, -0.2) is 0 Å². The van der Waals surface area contributed by atoms with Crippen molar-refractivity contribution in [2.24, 2.45) is 0 Å². The maximum atomic E-state index is 5.63. The van der Waals surface area contributed by atoms with Crippen LogP contribution in [0, 0.1) is 0 Å². The maximum absolute atomic E-state index is 5.63. The summed E-state index contributed by atoms with van der Waals surface area (Å²) >= 11 is 0. The number of hydrogen-bond acceptors (Lipinski definition) is 4. The van der Waals surface area contributed by atoms with Crippen LogP contribution >= 0.6 is 0 Å². The molecule has 21 heavy (non-hydrogen) atoms. The Morgan fingerprint density at radius 1 is 1.10 bits per heavy atom. The van der Waals surface area contributed by atoms with Crippen molar-refractivity contribution in [3.05, 3.63) is 29.8 Å². The predicted molar refractivity (Wildman–Crippen MR) is 85.7 cm³/mol. The summed E-state index contributed by atoms with van der Waals surface area (Å²) in [5, 5.41) is 3.36. The fraction of sp³-hybridized carbons (Fsp3) is 0.647. The second-order valence-corrected chi connectivity index (χ2v) is 6.12. The molecular weight excluding hydrogens is 262 g/mol. The smallest absolute Gasteiger partial charge is 0.119 e. The molecule has 0 amide bonds. The molecule has 4 nitrogen and oxygen atoms in total. The summed E-state index contributed by atoms with van der Waals surface area (Å²) in [6, 6.07) is 9.39. The Kier molecular flexibility index (Phi) is 5.12. The first kappa shape index (κ1) is 14.8. The van der Waals surface area contributed by atoms with Gasteiger partial charge in [0.1, 0.15) is 5.75 Å². The minimum atomic E-state index is 0.794. The predicted octanol–water partition coefficient (Wildman–Crippen LogP) is 1.56. The van der Waals surface area contributed by atoms with Gasteiger partial charge in [0.15, 0.2) is 0 Å². The monoisotopic (exact) mass is 289 g/mol. The van der Waals surface area contributed by atoms with E-state index in [4.69, 9.17) is 4.74 Å². The molecule has 1 aromatic rings. The minimum Gasteiger partial charge on any atom is -0.494 e. The van der Waals surface area contributed by atoms with E-state index in [1.165, 1.54) is 44.8 Å². The van der Waals surface area contributed by atoms with E-state index in [0.717, 1.165) is 31.4 Å². The van der Waals surface area contributed by atoms with Crippen molar-refractivity contribution < 1.29 is 4.74 Å². The minimum absolute atomic E-state index is 0.794. The largest absolute Gasteiger partial charge is 0.494 e. The lowest BCUT2D eigenvalue weighted by Crippen LogP contribution is -2.61. The van der Waals surface area contributed by atoms with Gasteiger partial charge in [0, 0.05) is 51.9 Å². The summed E-state index contributed by atoms with van der Waals surface area (Å²) in [6.45, 7) is 11.2. The zero-order valence-electron chi connectivity index (χ0n) is 13.1. The molecule has 0 bridgehead atoms. The summed E-state index contributed by atoms with van der Waals surface area (Å²) in [5.41, 5.74) is 1.39. The zero-order valence-corrected chi connectivity index (χ0v) is 13.1. The fourth-order valence-corrected chi connectivity index (χ4v) is 2.99. The molecule has 0 radical (unpaired) electrons. The average molecular weight is 289 g/mol. The molecule has 1 N–H and O–H groups in total.